The van der Waals surface area contributed by atoms with E-state index in [1.54, 1.807) is 0 Å². The zero-order valence-corrected chi connectivity index (χ0v) is 20.6. The molecule has 40 heavy (non-hydrogen) atoms. The molecule has 0 aromatic heterocycles. The Labute approximate surface area is 225 Å². The molecule has 14 nitrogen and oxygen atoms in total. The summed E-state index contributed by atoms with van der Waals surface area (Å²) in [4.78, 5) is 69.9. The standard InChI is InChI=1S/C26H20N4O10/c31-23(16-3-9-21(10-4-16)40-22-11-7-20(8-12-22)30(37)38)15-39-26(34)18-13-24(32)28(14-18)27-25(33)17-1-5-19(6-2-17)29(35)36/h1-12,18H,13-15H2,(H,27,33)/t18-/m1/s1. The lowest BCUT2D eigenvalue weighted by molar-refractivity contribution is -0.385. The maximum atomic E-state index is 12.5. The molecule has 1 atom stereocenters. The summed E-state index contributed by atoms with van der Waals surface area (Å²) in [6, 6.07) is 16.2. The molecule has 4 rings (SSSR count). The van der Waals surface area contributed by atoms with Gasteiger partial charge in [0.25, 0.3) is 17.3 Å². The molecule has 0 spiro atoms. The van der Waals surface area contributed by atoms with Gasteiger partial charge < -0.3 is 9.47 Å². The number of hydrazine groups is 1. The molecule has 2 amide bonds. The molecule has 0 aliphatic carbocycles. The Hall–Kier alpha value is -5.66. The molecule has 0 radical (unpaired) electrons. The van der Waals surface area contributed by atoms with E-state index < -0.39 is 45.9 Å². The Kier molecular flexibility index (Phi) is 8.08. The molecular formula is C26H20N4O10. The molecule has 1 saturated heterocycles. The number of amides is 2. The van der Waals surface area contributed by atoms with E-state index in [1.165, 1.54) is 60.7 Å². The molecule has 1 fully saturated rings. The number of benzene rings is 3. The summed E-state index contributed by atoms with van der Waals surface area (Å²) in [7, 11) is 0. The van der Waals surface area contributed by atoms with Gasteiger partial charge in [0.15, 0.2) is 12.4 Å². The van der Waals surface area contributed by atoms with Crippen molar-refractivity contribution in [3.05, 3.63) is 104 Å². The van der Waals surface area contributed by atoms with Crippen LogP contribution in [-0.4, -0.2) is 51.6 Å². The van der Waals surface area contributed by atoms with Gasteiger partial charge in [-0.25, -0.2) is 0 Å². The minimum Gasteiger partial charge on any atom is -0.457 e. The third-order valence-electron chi connectivity index (χ3n) is 5.84. The third kappa shape index (κ3) is 6.61. The van der Waals surface area contributed by atoms with E-state index in [9.17, 15) is 39.4 Å². The first-order valence-corrected chi connectivity index (χ1v) is 11.7. The number of nitrogens with zero attached hydrogens (tertiary/aromatic N) is 3. The second-order valence-corrected chi connectivity index (χ2v) is 8.56. The highest BCUT2D eigenvalue weighted by Gasteiger charge is 2.36. The van der Waals surface area contributed by atoms with Crippen molar-refractivity contribution in [1.82, 2.24) is 10.4 Å². The van der Waals surface area contributed by atoms with Crippen LogP contribution >= 0.6 is 0 Å². The molecule has 0 unspecified atom stereocenters. The summed E-state index contributed by atoms with van der Waals surface area (Å²) in [6.45, 7) is -0.736. The maximum Gasteiger partial charge on any atom is 0.311 e. The van der Waals surface area contributed by atoms with Crippen molar-refractivity contribution in [3.8, 4) is 11.5 Å². The van der Waals surface area contributed by atoms with Crippen molar-refractivity contribution in [2.75, 3.05) is 13.2 Å². The second kappa shape index (κ2) is 11.8. The van der Waals surface area contributed by atoms with Gasteiger partial charge in [0.2, 0.25) is 5.91 Å². The van der Waals surface area contributed by atoms with Crippen LogP contribution in [0.2, 0.25) is 0 Å². The van der Waals surface area contributed by atoms with Crippen LogP contribution in [0.3, 0.4) is 0 Å². The lowest BCUT2D eigenvalue weighted by atomic mass is 10.1. The number of hydrogen-bond acceptors (Lipinski definition) is 10. The molecule has 14 heteroatoms. The van der Waals surface area contributed by atoms with Crippen molar-refractivity contribution in [3.63, 3.8) is 0 Å². The van der Waals surface area contributed by atoms with E-state index in [0.717, 1.165) is 17.1 Å². The van der Waals surface area contributed by atoms with Crippen LogP contribution < -0.4 is 10.2 Å². The van der Waals surface area contributed by atoms with Gasteiger partial charge in [0.1, 0.15) is 11.5 Å². The molecular weight excluding hydrogens is 528 g/mol. The Morgan fingerprint density at radius 1 is 0.825 bits per heavy atom. The summed E-state index contributed by atoms with van der Waals surface area (Å²) < 4.78 is 10.7. The van der Waals surface area contributed by atoms with Gasteiger partial charge in [-0.2, -0.15) is 0 Å². The number of nitro benzene ring substituents is 2. The monoisotopic (exact) mass is 548 g/mol. The van der Waals surface area contributed by atoms with Gasteiger partial charge in [0, 0.05) is 41.8 Å². The number of hydrogen-bond donors (Lipinski definition) is 1. The fourth-order valence-electron chi connectivity index (χ4n) is 3.71. The molecule has 3 aromatic carbocycles. The number of non-ortho nitro benzene ring substituents is 2. The van der Waals surface area contributed by atoms with E-state index in [0.29, 0.717) is 11.5 Å². The van der Waals surface area contributed by atoms with Gasteiger partial charge in [-0.05, 0) is 48.5 Å². The van der Waals surface area contributed by atoms with Gasteiger partial charge in [-0.3, -0.25) is 49.8 Å². The van der Waals surface area contributed by atoms with E-state index in [1.807, 2.05) is 0 Å². The fraction of sp³-hybridized carbons (Fsp3) is 0.154. The van der Waals surface area contributed by atoms with Crippen LogP contribution in [-0.2, 0) is 14.3 Å². The highest BCUT2D eigenvalue weighted by molar-refractivity contribution is 5.99. The highest BCUT2D eigenvalue weighted by atomic mass is 16.6. The summed E-state index contributed by atoms with van der Waals surface area (Å²) >= 11 is 0. The number of nitrogens with one attached hydrogen (secondary N) is 1. The van der Waals surface area contributed by atoms with Crippen LogP contribution in [0.5, 0.6) is 11.5 Å². The van der Waals surface area contributed by atoms with E-state index in [2.05, 4.69) is 5.43 Å². The number of Topliss-reactive ketones (excluding diaryl/α,β-unsaturated/α-hetero) is 1. The molecule has 0 bridgehead atoms. The third-order valence-corrected chi connectivity index (χ3v) is 5.84. The average molecular weight is 548 g/mol. The minimum absolute atomic E-state index is 0.0791. The predicted octanol–water partition coefficient (Wildman–Crippen LogP) is 3.21. The molecule has 0 saturated carbocycles. The summed E-state index contributed by atoms with van der Waals surface area (Å²) in [5.41, 5.74) is 2.40. The van der Waals surface area contributed by atoms with Crippen molar-refractivity contribution in [1.29, 1.82) is 0 Å². The van der Waals surface area contributed by atoms with Gasteiger partial charge >= 0.3 is 5.97 Å². The smallest absolute Gasteiger partial charge is 0.311 e. The number of esters is 1. The molecule has 204 valence electrons. The van der Waals surface area contributed by atoms with Crippen molar-refractivity contribution in [2.24, 2.45) is 5.92 Å². The number of ketones is 1. The number of carbonyl (C=O) groups excluding carboxylic acids is 4. The fourth-order valence-corrected chi connectivity index (χ4v) is 3.71. The zero-order valence-electron chi connectivity index (χ0n) is 20.6. The number of ether oxygens (including phenoxy) is 2. The van der Waals surface area contributed by atoms with E-state index >= 15 is 0 Å². The van der Waals surface area contributed by atoms with Gasteiger partial charge in [-0.15, -0.1) is 0 Å². The zero-order chi connectivity index (χ0) is 28.8. The second-order valence-electron chi connectivity index (χ2n) is 8.56. The Bertz CT molecular complexity index is 1470. The summed E-state index contributed by atoms with van der Waals surface area (Å²) in [5.74, 6) is -2.67. The van der Waals surface area contributed by atoms with Crippen LogP contribution in [0.4, 0.5) is 11.4 Å². The largest absolute Gasteiger partial charge is 0.457 e. The first-order valence-electron chi connectivity index (χ1n) is 11.7. The molecule has 3 aromatic rings. The van der Waals surface area contributed by atoms with Crippen molar-refractivity contribution < 1.29 is 38.5 Å². The first-order chi connectivity index (χ1) is 19.1. The van der Waals surface area contributed by atoms with Crippen LogP contribution in [0.1, 0.15) is 27.1 Å². The maximum absolute atomic E-state index is 12.5. The molecule has 1 aliphatic heterocycles. The Morgan fingerprint density at radius 2 is 1.32 bits per heavy atom. The SMILES string of the molecule is O=C(COC(=O)[C@@H]1CC(=O)N(NC(=O)c2ccc([N+](=O)[O-])cc2)C1)c1ccc(Oc2ccc([N+](=O)[O-])cc2)cc1. The van der Waals surface area contributed by atoms with Crippen LogP contribution in [0, 0.1) is 26.1 Å². The lowest BCUT2D eigenvalue weighted by Crippen LogP contribution is -2.43. The van der Waals surface area contributed by atoms with Crippen molar-refractivity contribution in [2.45, 2.75) is 6.42 Å². The number of carbonyl (C=O) groups is 4. The minimum atomic E-state index is -0.907. The van der Waals surface area contributed by atoms with E-state index in [4.69, 9.17) is 9.47 Å². The van der Waals surface area contributed by atoms with Gasteiger partial charge in [0.05, 0.1) is 22.3 Å². The molecule has 1 N–H and O–H groups in total. The summed E-state index contributed by atoms with van der Waals surface area (Å²) in [6.07, 6.45) is -0.234. The first kappa shape index (κ1) is 27.4. The molecule has 1 aliphatic rings. The predicted molar refractivity (Wildman–Crippen MR) is 135 cm³/mol. The Balaban J connectivity index is 1.25. The quantitative estimate of drug-likeness (QED) is 0.170. The molecule has 1 heterocycles. The van der Waals surface area contributed by atoms with Crippen LogP contribution in [0.25, 0.3) is 0 Å². The van der Waals surface area contributed by atoms with E-state index in [-0.39, 0.29) is 35.5 Å². The number of nitro groups is 2. The summed E-state index contributed by atoms with van der Waals surface area (Å²) in [5, 5.41) is 22.4. The normalized spacial score (nSPS) is 14.3. The average Bonchev–Trinajstić information content (AvgIpc) is 3.32. The lowest BCUT2D eigenvalue weighted by Gasteiger charge is -2.17. The topological polar surface area (TPSA) is 188 Å². The number of rotatable bonds is 10. The van der Waals surface area contributed by atoms with Crippen molar-refractivity contribution >= 4 is 34.9 Å². The highest BCUT2D eigenvalue weighted by Crippen LogP contribution is 2.24. The van der Waals surface area contributed by atoms with Crippen LogP contribution in [0.15, 0.2) is 72.8 Å². The van der Waals surface area contributed by atoms with Gasteiger partial charge in [-0.1, -0.05) is 0 Å². The Morgan fingerprint density at radius 3 is 1.88 bits per heavy atom.